The number of amides is 1. The van der Waals surface area contributed by atoms with Crippen LogP contribution in [-0.2, 0) is 23.1 Å². The van der Waals surface area contributed by atoms with Gasteiger partial charge in [0.15, 0.2) is 5.82 Å². The molecule has 1 heterocycles. The van der Waals surface area contributed by atoms with Gasteiger partial charge < -0.3 is 14.6 Å². The van der Waals surface area contributed by atoms with Gasteiger partial charge in [0.25, 0.3) is 0 Å². The number of carbonyl (C=O) groups is 1. The lowest BCUT2D eigenvalue weighted by molar-refractivity contribution is -0.136. The van der Waals surface area contributed by atoms with Crippen molar-refractivity contribution in [2.75, 3.05) is 0 Å². The van der Waals surface area contributed by atoms with Crippen LogP contribution in [0.3, 0.4) is 0 Å². The summed E-state index contributed by atoms with van der Waals surface area (Å²) in [5.41, 5.74) is 0. The van der Waals surface area contributed by atoms with Gasteiger partial charge in [-0.1, -0.05) is 25.7 Å². The van der Waals surface area contributed by atoms with Gasteiger partial charge in [0.2, 0.25) is 5.91 Å². The number of hydrogen-bond acceptors (Lipinski definition) is 4. The third-order valence-corrected chi connectivity index (χ3v) is 3.79. The number of nitrogens with one attached hydrogen (secondary N) is 1. The van der Waals surface area contributed by atoms with Crippen molar-refractivity contribution in [3.63, 3.8) is 0 Å². The lowest BCUT2D eigenvalue weighted by Crippen LogP contribution is -2.36. The third-order valence-electron chi connectivity index (χ3n) is 3.79. The highest BCUT2D eigenvalue weighted by Crippen LogP contribution is 2.20. The second-order valence-electron chi connectivity index (χ2n) is 5.47. The lowest BCUT2D eigenvalue weighted by Gasteiger charge is -2.20. The maximum Gasteiger partial charge on any atom is 0.249 e. The van der Waals surface area contributed by atoms with Crippen LogP contribution in [0.2, 0.25) is 0 Å². The predicted molar refractivity (Wildman–Crippen MR) is 74.9 cm³/mol. The van der Waals surface area contributed by atoms with E-state index < -0.39 is 6.10 Å². The maximum atomic E-state index is 12.0. The number of carbonyl (C=O) groups excluding carboxylic acids is 1. The number of nitrogens with zero attached hydrogens (tertiary/aromatic N) is 3. The summed E-state index contributed by atoms with van der Waals surface area (Å²) in [4.78, 5) is 12.0. The Bertz CT molecular complexity index is 425. The summed E-state index contributed by atoms with van der Waals surface area (Å²) in [7, 11) is 1.85. The molecule has 1 amide bonds. The van der Waals surface area contributed by atoms with Gasteiger partial charge >= 0.3 is 0 Å². The quantitative estimate of drug-likeness (QED) is 0.831. The van der Waals surface area contributed by atoms with Crippen LogP contribution in [0.5, 0.6) is 0 Å². The molecule has 0 unspecified atom stereocenters. The van der Waals surface area contributed by atoms with Gasteiger partial charge in [0, 0.05) is 7.05 Å². The first kappa shape index (κ1) is 15.0. The molecule has 0 spiro atoms. The van der Waals surface area contributed by atoms with E-state index in [0.29, 0.717) is 6.54 Å². The molecule has 0 bridgehead atoms. The van der Waals surface area contributed by atoms with Crippen molar-refractivity contribution >= 4 is 5.91 Å². The van der Waals surface area contributed by atoms with E-state index >= 15 is 0 Å². The molecule has 20 heavy (non-hydrogen) atoms. The fourth-order valence-corrected chi connectivity index (χ4v) is 2.51. The van der Waals surface area contributed by atoms with Gasteiger partial charge in [-0.2, -0.15) is 0 Å². The molecule has 2 rings (SSSR count). The van der Waals surface area contributed by atoms with Crippen LogP contribution in [-0.4, -0.2) is 32.9 Å². The fourth-order valence-electron chi connectivity index (χ4n) is 2.51. The second kappa shape index (κ2) is 7.38. The highest BCUT2D eigenvalue weighted by Gasteiger charge is 2.20. The van der Waals surface area contributed by atoms with Crippen molar-refractivity contribution in [2.24, 2.45) is 7.05 Å². The molecule has 0 aliphatic heterocycles. The molecular weight excluding hydrogens is 256 g/mol. The third kappa shape index (κ3) is 4.30. The summed E-state index contributed by atoms with van der Waals surface area (Å²) in [6.45, 7) is 2.20. The highest BCUT2D eigenvalue weighted by atomic mass is 16.5. The molecule has 1 N–H and O–H groups in total. The van der Waals surface area contributed by atoms with E-state index in [1.54, 1.807) is 10.9 Å². The SMILES string of the molecule is C[C@@H](OC1CCCCCC1)C(=O)NCc1nncn1C. The molecule has 0 aromatic carbocycles. The first-order valence-electron chi connectivity index (χ1n) is 7.43. The Morgan fingerprint density at radius 3 is 2.75 bits per heavy atom. The van der Waals surface area contributed by atoms with Gasteiger partial charge in [-0.15, -0.1) is 10.2 Å². The zero-order valence-electron chi connectivity index (χ0n) is 12.3. The monoisotopic (exact) mass is 280 g/mol. The number of aryl methyl sites for hydroxylation is 1. The predicted octanol–water partition coefficient (Wildman–Crippen LogP) is 1.56. The molecular formula is C14H24N4O2. The first-order valence-corrected chi connectivity index (χ1v) is 7.43. The maximum absolute atomic E-state index is 12.0. The van der Waals surface area contributed by atoms with Crippen LogP contribution in [0.15, 0.2) is 6.33 Å². The largest absolute Gasteiger partial charge is 0.365 e. The summed E-state index contributed by atoms with van der Waals surface area (Å²) in [5, 5.41) is 10.6. The Morgan fingerprint density at radius 1 is 1.45 bits per heavy atom. The molecule has 1 aromatic rings. The molecule has 1 aliphatic carbocycles. The Morgan fingerprint density at radius 2 is 2.15 bits per heavy atom. The summed E-state index contributed by atoms with van der Waals surface area (Å²) in [5.74, 6) is 0.650. The Hall–Kier alpha value is -1.43. The van der Waals surface area contributed by atoms with E-state index in [1.807, 2.05) is 14.0 Å². The number of hydrogen-bond donors (Lipinski definition) is 1. The highest BCUT2D eigenvalue weighted by molar-refractivity contribution is 5.80. The average Bonchev–Trinajstić information content (AvgIpc) is 2.68. The molecule has 0 saturated heterocycles. The molecule has 1 aliphatic rings. The van der Waals surface area contributed by atoms with E-state index in [4.69, 9.17) is 4.74 Å². The normalized spacial score (nSPS) is 18.5. The summed E-state index contributed by atoms with van der Waals surface area (Å²) >= 11 is 0. The van der Waals surface area contributed by atoms with Crippen LogP contribution >= 0.6 is 0 Å². The van der Waals surface area contributed by atoms with Crippen LogP contribution in [0.25, 0.3) is 0 Å². The fraction of sp³-hybridized carbons (Fsp3) is 0.786. The van der Waals surface area contributed by atoms with Gasteiger partial charge in [-0.25, -0.2) is 0 Å². The Kier molecular flexibility index (Phi) is 5.52. The molecule has 1 atom stereocenters. The van der Waals surface area contributed by atoms with Crippen molar-refractivity contribution in [3.05, 3.63) is 12.2 Å². The minimum atomic E-state index is -0.411. The lowest BCUT2D eigenvalue weighted by atomic mass is 10.1. The van der Waals surface area contributed by atoms with Gasteiger partial charge in [0.1, 0.15) is 12.4 Å². The van der Waals surface area contributed by atoms with E-state index in [-0.39, 0.29) is 12.0 Å². The van der Waals surface area contributed by atoms with Crippen molar-refractivity contribution < 1.29 is 9.53 Å². The number of aromatic nitrogens is 3. The van der Waals surface area contributed by atoms with Crippen molar-refractivity contribution in [1.29, 1.82) is 0 Å². The number of rotatable bonds is 5. The van der Waals surface area contributed by atoms with E-state index in [2.05, 4.69) is 15.5 Å². The molecule has 6 heteroatoms. The van der Waals surface area contributed by atoms with E-state index in [9.17, 15) is 4.79 Å². The first-order chi connectivity index (χ1) is 9.66. The van der Waals surface area contributed by atoms with Gasteiger partial charge in [-0.05, 0) is 19.8 Å². The Balaban J connectivity index is 1.75. The summed E-state index contributed by atoms with van der Waals surface area (Å²) in [6.07, 6.45) is 8.56. The minimum Gasteiger partial charge on any atom is -0.365 e. The standard InChI is InChI=1S/C14H24N4O2/c1-11(20-12-7-5-3-4-6-8-12)14(19)15-9-13-17-16-10-18(13)2/h10-12H,3-9H2,1-2H3,(H,15,19)/t11-/m1/s1. The summed E-state index contributed by atoms with van der Waals surface area (Å²) in [6, 6.07) is 0. The minimum absolute atomic E-state index is 0.0859. The van der Waals surface area contributed by atoms with Crippen LogP contribution in [0.1, 0.15) is 51.3 Å². The van der Waals surface area contributed by atoms with Crippen molar-refractivity contribution in [1.82, 2.24) is 20.1 Å². The number of ether oxygens (including phenoxy) is 1. The second-order valence-corrected chi connectivity index (χ2v) is 5.47. The topological polar surface area (TPSA) is 69.0 Å². The average molecular weight is 280 g/mol. The molecule has 0 radical (unpaired) electrons. The van der Waals surface area contributed by atoms with Crippen molar-refractivity contribution in [2.45, 2.75) is 64.2 Å². The smallest absolute Gasteiger partial charge is 0.249 e. The van der Waals surface area contributed by atoms with Crippen LogP contribution in [0.4, 0.5) is 0 Å². The zero-order valence-corrected chi connectivity index (χ0v) is 12.3. The zero-order chi connectivity index (χ0) is 14.4. The van der Waals surface area contributed by atoms with Gasteiger partial charge in [0.05, 0.1) is 12.6 Å². The van der Waals surface area contributed by atoms with Crippen LogP contribution < -0.4 is 5.32 Å². The van der Waals surface area contributed by atoms with E-state index in [1.165, 1.54) is 25.7 Å². The molecule has 1 fully saturated rings. The molecule has 1 saturated carbocycles. The van der Waals surface area contributed by atoms with Gasteiger partial charge in [-0.3, -0.25) is 4.79 Å². The Labute approximate surface area is 119 Å². The summed E-state index contributed by atoms with van der Waals surface area (Å²) < 4.78 is 7.67. The molecule has 6 nitrogen and oxygen atoms in total. The molecule has 112 valence electrons. The van der Waals surface area contributed by atoms with E-state index in [0.717, 1.165) is 18.7 Å². The van der Waals surface area contributed by atoms with Crippen molar-refractivity contribution in [3.8, 4) is 0 Å². The molecule has 1 aromatic heterocycles. The van der Waals surface area contributed by atoms with Crippen LogP contribution in [0, 0.1) is 0 Å².